The fourth-order valence-electron chi connectivity index (χ4n) is 3.82. The summed E-state index contributed by atoms with van der Waals surface area (Å²) in [6.45, 7) is 12.0. The first-order valence-electron chi connectivity index (χ1n) is 9.25. The van der Waals surface area contributed by atoms with Crippen molar-refractivity contribution in [2.24, 2.45) is 0 Å². The van der Waals surface area contributed by atoms with E-state index in [1.165, 1.54) is 0 Å². The zero-order valence-electron chi connectivity index (χ0n) is 16.2. The number of hydrogen-bond donors (Lipinski definition) is 0. The van der Waals surface area contributed by atoms with E-state index in [4.69, 9.17) is 37.3 Å². The maximum Gasteiger partial charge on any atom is 0.333 e. The summed E-state index contributed by atoms with van der Waals surface area (Å²) in [6.07, 6.45) is -0.943. The molecule has 4 aliphatic heterocycles. The normalized spacial score (nSPS) is 50.1. The second-order valence-electron chi connectivity index (χ2n) is 8.30. The summed E-state index contributed by atoms with van der Waals surface area (Å²) >= 11 is 0. The maximum atomic E-state index is 6.25. The van der Waals surface area contributed by atoms with Gasteiger partial charge in [0.15, 0.2) is 17.9 Å². The highest BCUT2D eigenvalue weighted by Crippen LogP contribution is 2.52. The van der Waals surface area contributed by atoms with E-state index in [0.717, 1.165) is 6.42 Å². The molecule has 1 unspecified atom stereocenters. The first kappa shape index (κ1) is 19.4. The van der Waals surface area contributed by atoms with Gasteiger partial charge in [-0.3, -0.25) is 0 Å². The average Bonchev–Trinajstić information content (AvgIpc) is 3.09. The van der Waals surface area contributed by atoms with E-state index >= 15 is 0 Å². The lowest BCUT2D eigenvalue weighted by atomic mass is 10.1. The van der Waals surface area contributed by atoms with Crippen LogP contribution in [0.4, 0.5) is 0 Å². The van der Waals surface area contributed by atoms with Gasteiger partial charge in [-0.1, -0.05) is 0 Å². The molecule has 9 heteroatoms. The quantitative estimate of drug-likeness (QED) is 0.679. The molecule has 0 aromatic heterocycles. The molecule has 4 heterocycles. The largest absolute Gasteiger partial charge is 0.348 e. The summed E-state index contributed by atoms with van der Waals surface area (Å²) in [5.41, 5.74) is 0. The standard InChI is InChI=1S/C17H29O8P/c1-9-7-10(2)24-26(23-9)25-13-12(11-8-18-16(3,4)20-11)19-15-14(13)21-17(5,6)22-15/h9-15H,7-8H2,1-6H3/t9-,10-,11?,12+,13-,14+,15+/m0/s1. The van der Waals surface area contributed by atoms with Crippen LogP contribution in [0.3, 0.4) is 0 Å². The molecule has 150 valence electrons. The molecule has 0 aromatic carbocycles. The van der Waals surface area contributed by atoms with Crippen LogP contribution in [0.5, 0.6) is 0 Å². The Hall–Kier alpha value is 0.110. The van der Waals surface area contributed by atoms with Crippen molar-refractivity contribution < 1.29 is 37.3 Å². The maximum absolute atomic E-state index is 6.25. The van der Waals surface area contributed by atoms with E-state index in [9.17, 15) is 0 Å². The summed E-state index contributed by atoms with van der Waals surface area (Å²) < 4.78 is 47.7. The Morgan fingerprint density at radius 3 is 2.19 bits per heavy atom. The Labute approximate surface area is 155 Å². The Morgan fingerprint density at radius 2 is 1.58 bits per heavy atom. The van der Waals surface area contributed by atoms with E-state index in [1.807, 2.05) is 41.5 Å². The van der Waals surface area contributed by atoms with Gasteiger partial charge in [-0.05, 0) is 41.5 Å². The van der Waals surface area contributed by atoms with Crippen LogP contribution in [0.2, 0.25) is 0 Å². The molecule has 4 fully saturated rings. The van der Waals surface area contributed by atoms with Gasteiger partial charge < -0.3 is 37.3 Å². The molecule has 4 rings (SSSR count). The van der Waals surface area contributed by atoms with Crippen molar-refractivity contribution >= 4 is 8.60 Å². The zero-order chi connectivity index (χ0) is 18.7. The molecule has 4 saturated heterocycles. The molecular weight excluding hydrogens is 363 g/mol. The predicted molar refractivity (Wildman–Crippen MR) is 91.1 cm³/mol. The summed E-state index contributed by atoms with van der Waals surface area (Å²) in [7, 11) is -1.49. The molecule has 0 saturated carbocycles. The number of fused-ring (bicyclic) bond motifs is 1. The van der Waals surface area contributed by atoms with Gasteiger partial charge >= 0.3 is 8.60 Å². The molecule has 0 N–H and O–H groups in total. The summed E-state index contributed by atoms with van der Waals surface area (Å²) in [4.78, 5) is 0. The molecular formula is C17H29O8P. The third-order valence-corrected chi connectivity index (χ3v) is 6.31. The van der Waals surface area contributed by atoms with Crippen LogP contribution in [0.25, 0.3) is 0 Å². The molecule has 0 radical (unpaired) electrons. The lowest BCUT2D eigenvalue weighted by Gasteiger charge is -2.34. The van der Waals surface area contributed by atoms with Crippen LogP contribution in [0.15, 0.2) is 0 Å². The smallest absolute Gasteiger partial charge is 0.333 e. The predicted octanol–water partition coefficient (Wildman–Crippen LogP) is 2.84. The van der Waals surface area contributed by atoms with Crippen molar-refractivity contribution in [3.63, 3.8) is 0 Å². The minimum absolute atomic E-state index is 0.0867. The lowest BCUT2D eigenvalue weighted by molar-refractivity contribution is -0.231. The third kappa shape index (κ3) is 3.95. The third-order valence-electron chi connectivity index (χ3n) is 4.83. The Bertz CT molecular complexity index is 519. The highest BCUT2D eigenvalue weighted by atomic mass is 31.2. The fourth-order valence-corrected chi connectivity index (χ4v) is 5.17. The highest BCUT2D eigenvalue weighted by molar-refractivity contribution is 7.41. The Morgan fingerprint density at radius 1 is 0.885 bits per heavy atom. The van der Waals surface area contributed by atoms with Gasteiger partial charge in [0.25, 0.3) is 0 Å². The molecule has 0 aromatic rings. The molecule has 4 aliphatic rings. The van der Waals surface area contributed by atoms with Gasteiger partial charge in [-0.2, -0.15) is 0 Å². The molecule has 8 nitrogen and oxygen atoms in total. The molecule has 0 spiro atoms. The second kappa shape index (κ2) is 6.87. The van der Waals surface area contributed by atoms with Crippen molar-refractivity contribution in [3.05, 3.63) is 0 Å². The van der Waals surface area contributed by atoms with Crippen molar-refractivity contribution in [2.75, 3.05) is 6.61 Å². The van der Waals surface area contributed by atoms with Crippen molar-refractivity contribution in [1.82, 2.24) is 0 Å². The van der Waals surface area contributed by atoms with Crippen LogP contribution >= 0.6 is 8.60 Å². The first-order valence-corrected chi connectivity index (χ1v) is 10.3. The minimum atomic E-state index is -1.49. The van der Waals surface area contributed by atoms with E-state index in [0.29, 0.717) is 6.61 Å². The molecule has 26 heavy (non-hydrogen) atoms. The van der Waals surface area contributed by atoms with E-state index < -0.39 is 32.6 Å². The van der Waals surface area contributed by atoms with E-state index in [1.54, 1.807) is 0 Å². The average molecular weight is 392 g/mol. The van der Waals surface area contributed by atoms with Gasteiger partial charge in [0.05, 0.1) is 18.8 Å². The van der Waals surface area contributed by atoms with Crippen LogP contribution in [-0.4, -0.2) is 61.1 Å². The zero-order valence-corrected chi connectivity index (χ0v) is 17.1. The van der Waals surface area contributed by atoms with E-state index in [-0.39, 0.29) is 30.5 Å². The summed E-state index contributed by atoms with van der Waals surface area (Å²) in [5, 5.41) is 0. The fraction of sp³-hybridized carbons (Fsp3) is 1.00. The number of rotatable bonds is 3. The SMILES string of the molecule is C[C@H]1C[C@H](C)OP(O[C@@H]2[C@H]3OC(C)(C)O[C@H]3O[C@@H]2C2COC(C)(C)O2)O1. The molecule has 0 bridgehead atoms. The van der Waals surface area contributed by atoms with Gasteiger partial charge in [-0.15, -0.1) is 0 Å². The van der Waals surface area contributed by atoms with Crippen molar-refractivity contribution in [3.8, 4) is 0 Å². The van der Waals surface area contributed by atoms with Crippen molar-refractivity contribution in [1.29, 1.82) is 0 Å². The summed E-state index contributed by atoms with van der Waals surface area (Å²) in [5.74, 6) is -1.38. The van der Waals surface area contributed by atoms with Crippen LogP contribution in [0.1, 0.15) is 48.0 Å². The molecule has 7 atom stereocenters. The first-order chi connectivity index (χ1) is 12.1. The number of hydrogen-bond acceptors (Lipinski definition) is 8. The van der Waals surface area contributed by atoms with Crippen LogP contribution in [-0.2, 0) is 37.3 Å². The number of ether oxygens (including phenoxy) is 5. The van der Waals surface area contributed by atoms with Crippen LogP contribution < -0.4 is 0 Å². The Balaban J connectivity index is 1.50. The molecule has 0 amide bonds. The summed E-state index contributed by atoms with van der Waals surface area (Å²) in [6, 6.07) is 0. The lowest BCUT2D eigenvalue weighted by Crippen LogP contribution is -2.44. The minimum Gasteiger partial charge on any atom is -0.348 e. The monoisotopic (exact) mass is 392 g/mol. The van der Waals surface area contributed by atoms with Gasteiger partial charge in [0.2, 0.25) is 0 Å². The topological polar surface area (TPSA) is 73.8 Å². The molecule has 0 aliphatic carbocycles. The second-order valence-corrected chi connectivity index (χ2v) is 9.38. The highest BCUT2D eigenvalue weighted by Gasteiger charge is 2.60. The van der Waals surface area contributed by atoms with Crippen LogP contribution in [0, 0.1) is 0 Å². The Kier molecular flexibility index (Phi) is 5.13. The van der Waals surface area contributed by atoms with Gasteiger partial charge in [0, 0.05) is 6.42 Å². The van der Waals surface area contributed by atoms with Crippen molar-refractivity contribution in [2.45, 2.75) is 102 Å². The van der Waals surface area contributed by atoms with Gasteiger partial charge in [0.1, 0.15) is 24.4 Å². The van der Waals surface area contributed by atoms with Gasteiger partial charge in [-0.25, -0.2) is 0 Å². The van der Waals surface area contributed by atoms with E-state index in [2.05, 4.69) is 0 Å².